The van der Waals surface area contributed by atoms with E-state index < -0.39 is 0 Å². The molecule has 3 aromatic rings. The van der Waals surface area contributed by atoms with Gasteiger partial charge in [-0.05, 0) is 30.0 Å². The van der Waals surface area contributed by atoms with Crippen LogP contribution in [0.15, 0.2) is 24.3 Å². The van der Waals surface area contributed by atoms with Gasteiger partial charge in [0.05, 0.1) is 17.4 Å². The molecule has 1 aromatic carbocycles. The number of aryl methyl sites for hydroxylation is 1. The minimum absolute atomic E-state index is 0.154. The molecule has 0 aliphatic rings. The average Bonchev–Trinajstić information content (AvgIpc) is 2.98. The monoisotopic (exact) mass is 385 g/mol. The zero-order valence-corrected chi connectivity index (χ0v) is 16.9. The van der Waals surface area contributed by atoms with E-state index in [0.29, 0.717) is 27.3 Å². The van der Waals surface area contributed by atoms with Gasteiger partial charge in [-0.1, -0.05) is 32.0 Å². The third-order valence-corrected chi connectivity index (χ3v) is 5.49. The zero-order valence-electron chi connectivity index (χ0n) is 16.1. The standard InChI is InChI=1S/C20H23N3O3S/c1-11(2)13-8-6-7-9-14(13)21-18(24)17-12(3)16-19(26-5)22-15(10-25-4)23-20(16)27-17/h6-9,11H,10H2,1-5H3,(H,21,24). The van der Waals surface area contributed by atoms with E-state index in [9.17, 15) is 4.79 Å². The average molecular weight is 385 g/mol. The van der Waals surface area contributed by atoms with Crippen LogP contribution in [-0.2, 0) is 11.3 Å². The summed E-state index contributed by atoms with van der Waals surface area (Å²) in [5.41, 5.74) is 2.74. The van der Waals surface area contributed by atoms with Crippen LogP contribution in [0.1, 0.15) is 46.4 Å². The number of nitrogens with zero attached hydrogens (tertiary/aromatic N) is 2. The number of anilines is 1. The first kappa shape index (κ1) is 19.3. The van der Waals surface area contributed by atoms with Gasteiger partial charge < -0.3 is 14.8 Å². The molecule has 0 saturated carbocycles. The van der Waals surface area contributed by atoms with Crippen LogP contribution < -0.4 is 10.1 Å². The van der Waals surface area contributed by atoms with E-state index >= 15 is 0 Å². The molecule has 1 N–H and O–H groups in total. The number of rotatable bonds is 6. The Bertz CT molecular complexity index is 982. The molecule has 0 bridgehead atoms. The summed E-state index contributed by atoms with van der Waals surface area (Å²) in [7, 11) is 3.15. The second-order valence-electron chi connectivity index (χ2n) is 6.51. The van der Waals surface area contributed by atoms with E-state index in [1.165, 1.54) is 11.3 Å². The lowest BCUT2D eigenvalue weighted by atomic mass is 10.0. The van der Waals surface area contributed by atoms with Gasteiger partial charge in [-0.25, -0.2) is 4.98 Å². The van der Waals surface area contributed by atoms with Crippen LogP contribution in [0.3, 0.4) is 0 Å². The van der Waals surface area contributed by atoms with Crippen LogP contribution >= 0.6 is 11.3 Å². The first-order valence-corrected chi connectivity index (χ1v) is 9.51. The Kier molecular flexibility index (Phi) is 5.72. The number of para-hydroxylation sites is 1. The first-order valence-electron chi connectivity index (χ1n) is 8.69. The van der Waals surface area contributed by atoms with Crippen LogP contribution in [0, 0.1) is 6.92 Å². The smallest absolute Gasteiger partial charge is 0.266 e. The van der Waals surface area contributed by atoms with Crippen molar-refractivity contribution in [1.82, 2.24) is 9.97 Å². The summed E-state index contributed by atoms with van der Waals surface area (Å²) in [5, 5.41) is 3.81. The van der Waals surface area contributed by atoms with Crippen molar-refractivity contribution in [1.29, 1.82) is 0 Å². The van der Waals surface area contributed by atoms with Gasteiger partial charge >= 0.3 is 0 Å². The molecule has 2 heterocycles. The number of nitrogens with one attached hydrogen (secondary N) is 1. The number of aromatic nitrogens is 2. The molecule has 0 aliphatic carbocycles. The molecular weight excluding hydrogens is 362 g/mol. The number of hydrogen-bond acceptors (Lipinski definition) is 6. The minimum atomic E-state index is -0.154. The fraction of sp³-hybridized carbons (Fsp3) is 0.350. The number of carbonyl (C=O) groups excluding carboxylic acids is 1. The van der Waals surface area contributed by atoms with E-state index in [2.05, 4.69) is 29.1 Å². The summed E-state index contributed by atoms with van der Waals surface area (Å²) in [6.45, 7) is 6.39. The second kappa shape index (κ2) is 8.02. The largest absolute Gasteiger partial charge is 0.480 e. The van der Waals surface area contributed by atoms with Gasteiger partial charge in [-0.3, -0.25) is 4.79 Å². The Morgan fingerprint density at radius 2 is 1.96 bits per heavy atom. The van der Waals surface area contributed by atoms with E-state index in [0.717, 1.165) is 22.2 Å². The van der Waals surface area contributed by atoms with Crippen LogP contribution in [-0.4, -0.2) is 30.1 Å². The Hall–Kier alpha value is -2.51. The van der Waals surface area contributed by atoms with Crippen LogP contribution in [0.25, 0.3) is 10.2 Å². The van der Waals surface area contributed by atoms with Crippen molar-refractivity contribution >= 4 is 33.1 Å². The molecule has 2 aromatic heterocycles. The molecule has 0 aliphatic heterocycles. The SMILES string of the molecule is COCc1nc(OC)c2c(C)c(C(=O)Nc3ccccc3C(C)C)sc2n1. The number of amides is 1. The predicted octanol–water partition coefficient (Wildman–Crippen LogP) is 4.53. The van der Waals surface area contributed by atoms with Crippen molar-refractivity contribution < 1.29 is 14.3 Å². The number of carbonyl (C=O) groups is 1. The molecule has 27 heavy (non-hydrogen) atoms. The maximum atomic E-state index is 13.0. The van der Waals surface area contributed by atoms with E-state index in [1.54, 1.807) is 14.2 Å². The number of benzene rings is 1. The van der Waals surface area contributed by atoms with Gasteiger partial charge in [0.15, 0.2) is 5.82 Å². The maximum Gasteiger partial charge on any atom is 0.266 e. The maximum absolute atomic E-state index is 13.0. The number of methoxy groups -OCH3 is 2. The highest BCUT2D eigenvalue weighted by atomic mass is 32.1. The van der Waals surface area contributed by atoms with Gasteiger partial charge in [-0.2, -0.15) is 4.98 Å². The van der Waals surface area contributed by atoms with Crippen molar-refractivity contribution in [3.63, 3.8) is 0 Å². The van der Waals surface area contributed by atoms with Gasteiger partial charge in [0.2, 0.25) is 5.88 Å². The van der Waals surface area contributed by atoms with Gasteiger partial charge in [0, 0.05) is 12.8 Å². The van der Waals surface area contributed by atoms with Crippen molar-refractivity contribution in [2.75, 3.05) is 19.5 Å². The molecule has 1 amide bonds. The van der Waals surface area contributed by atoms with Gasteiger partial charge in [0.25, 0.3) is 5.91 Å². The number of ether oxygens (including phenoxy) is 2. The quantitative estimate of drug-likeness (QED) is 0.675. The second-order valence-corrected chi connectivity index (χ2v) is 7.51. The third kappa shape index (κ3) is 3.79. The molecule has 0 saturated heterocycles. The molecule has 0 unspecified atom stereocenters. The summed E-state index contributed by atoms with van der Waals surface area (Å²) in [5.74, 6) is 1.15. The number of thiophene rings is 1. The molecule has 0 atom stereocenters. The molecule has 6 nitrogen and oxygen atoms in total. The highest BCUT2D eigenvalue weighted by Gasteiger charge is 2.22. The first-order chi connectivity index (χ1) is 13.0. The Morgan fingerprint density at radius 3 is 2.63 bits per heavy atom. The number of hydrogen-bond donors (Lipinski definition) is 1. The van der Waals surface area contributed by atoms with Crippen LogP contribution in [0.5, 0.6) is 5.88 Å². The fourth-order valence-electron chi connectivity index (χ4n) is 3.00. The Labute approximate surface area is 162 Å². The van der Waals surface area contributed by atoms with E-state index in [1.807, 2.05) is 31.2 Å². The van der Waals surface area contributed by atoms with Crippen molar-refractivity contribution in [3.05, 3.63) is 46.1 Å². The summed E-state index contributed by atoms with van der Waals surface area (Å²) in [6, 6.07) is 7.86. The lowest BCUT2D eigenvalue weighted by Gasteiger charge is -2.13. The highest BCUT2D eigenvalue weighted by Crippen LogP contribution is 2.35. The normalized spacial score (nSPS) is 11.2. The topological polar surface area (TPSA) is 73.3 Å². The van der Waals surface area contributed by atoms with E-state index in [4.69, 9.17) is 9.47 Å². The summed E-state index contributed by atoms with van der Waals surface area (Å²) >= 11 is 1.34. The van der Waals surface area contributed by atoms with E-state index in [-0.39, 0.29) is 12.5 Å². The zero-order chi connectivity index (χ0) is 19.6. The molecule has 0 spiro atoms. The lowest BCUT2D eigenvalue weighted by molar-refractivity contribution is 0.103. The fourth-order valence-corrected chi connectivity index (χ4v) is 4.08. The lowest BCUT2D eigenvalue weighted by Crippen LogP contribution is -2.13. The molecule has 3 rings (SSSR count). The molecule has 0 radical (unpaired) electrons. The molecule has 0 fully saturated rings. The van der Waals surface area contributed by atoms with Crippen LogP contribution in [0.4, 0.5) is 5.69 Å². The minimum Gasteiger partial charge on any atom is -0.480 e. The highest BCUT2D eigenvalue weighted by molar-refractivity contribution is 7.20. The summed E-state index contributed by atoms with van der Waals surface area (Å²) in [4.78, 5) is 23.2. The predicted molar refractivity (Wildman–Crippen MR) is 108 cm³/mol. The Morgan fingerprint density at radius 1 is 1.22 bits per heavy atom. The Balaban J connectivity index is 2.02. The van der Waals surface area contributed by atoms with Crippen molar-refractivity contribution in [2.24, 2.45) is 0 Å². The van der Waals surface area contributed by atoms with Crippen molar-refractivity contribution in [3.8, 4) is 5.88 Å². The molecule has 142 valence electrons. The molecule has 7 heteroatoms. The van der Waals surface area contributed by atoms with Crippen LogP contribution in [0.2, 0.25) is 0 Å². The third-order valence-electron chi connectivity index (χ3n) is 4.31. The summed E-state index contributed by atoms with van der Waals surface area (Å²) in [6.07, 6.45) is 0. The summed E-state index contributed by atoms with van der Waals surface area (Å²) < 4.78 is 10.5. The van der Waals surface area contributed by atoms with Gasteiger partial charge in [-0.15, -0.1) is 11.3 Å². The van der Waals surface area contributed by atoms with Gasteiger partial charge in [0.1, 0.15) is 11.4 Å². The van der Waals surface area contributed by atoms with Crippen molar-refractivity contribution in [2.45, 2.75) is 33.3 Å². The molecular formula is C20H23N3O3S. The number of fused-ring (bicyclic) bond motifs is 1.